The molecule has 4 aromatic carbocycles. The third-order valence-electron chi connectivity index (χ3n) is 6.47. The van der Waals surface area contributed by atoms with Crippen LogP contribution >= 0.6 is 0 Å². The molecule has 0 aliphatic carbocycles. The fourth-order valence-corrected chi connectivity index (χ4v) is 4.55. The van der Waals surface area contributed by atoms with Gasteiger partial charge in [-0.3, -0.25) is 10.1 Å². The van der Waals surface area contributed by atoms with Gasteiger partial charge in [0.1, 0.15) is 6.04 Å². The second-order valence-electron chi connectivity index (χ2n) is 9.17. The fourth-order valence-electron chi connectivity index (χ4n) is 4.55. The molecule has 0 saturated heterocycles. The van der Waals surface area contributed by atoms with E-state index in [1.54, 1.807) is 0 Å². The first kappa shape index (κ1) is 29.8. The number of aliphatic carboxylic acids is 1. The predicted molar refractivity (Wildman–Crippen MR) is 159 cm³/mol. The standard InChI is InChI=1S/C30H29NO3.C4H11N/c32-29(33)28(21-22-34-23-24-13-5-1-6-14-24)31-30(25-15-7-2-8-16-25,26-17-9-3-10-18-26)27-19-11-4-12-20-27;1-3-5-4-2/h1-20,28,31H,21-23H2,(H,32,33);5H,3-4H2,1-2H3/t28-;/m1./s1. The summed E-state index contributed by atoms with van der Waals surface area (Å²) in [6, 6.07) is 39.1. The van der Waals surface area contributed by atoms with Crippen LogP contribution < -0.4 is 10.6 Å². The van der Waals surface area contributed by atoms with E-state index in [-0.39, 0.29) is 0 Å². The van der Waals surface area contributed by atoms with Crippen molar-refractivity contribution in [3.63, 3.8) is 0 Å². The maximum Gasteiger partial charge on any atom is 0.320 e. The quantitative estimate of drug-likeness (QED) is 0.143. The Morgan fingerprint density at radius 3 is 1.49 bits per heavy atom. The molecule has 0 bridgehead atoms. The van der Waals surface area contributed by atoms with Gasteiger partial charge in [-0.05, 0) is 41.8 Å². The van der Waals surface area contributed by atoms with Gasteiger partial charge in [0.2, 0.25) is 0 Å². The van der Waals surface area contributed by atoms with Gasteiger partial charge in [0.25, 0.3) is 0 Å². The van der Waals surface area contributed by atoms with Gasteiger partial charge >= 0.3 is 5.97 Å². The summed E-state index contributed by atoms with van der Waals surface area (Å²) in [7, 11) is 0. The molecule has 0 unspecified atom stereocenters. The number of ether oxygens (including phenoxy) is 1. The molecular weight excluding hydrogens is 484 g/mol. The minimum Gasteiger partial charge on any atom is -0.480 e. The first-order valence-electron chi connectivity index (χ1n) is 13.6. The highest BCUT2D eigenvalue weighted by Gasteiger charge is 2.39. The molecule has 0 aromatic heterocycles. The van der Waals surface area contributed by atoms with Crippen LogP contribution in [0, 0.1) is 0 Å². The molecule has 0 amide bonds. The Balaban J connectivity index is 0.000000771. The van der Waals surface area contributed by atoms with E-state index in [2.05, 4.69) is 24.5 Å². The molecule has 0 heterocycles. The number of hydrogen-bond acceptors (Lipinski definition) is 4. The van der Waals surface area contributed by atoms with Crippen LogP contribution in [0.3, 0.4) is 0 Å². The molecule has 0 saturated carbocycles. The molecule has 204 valence electrons. The van der Waals surface area contributed by atoms with Gasteiger partial charge in [-0.2, -0.15) is 0 Å². The highest BCUT2D eigenvalue weighted by atomic mass is 16.5. The normalized spacial score (nSPS) is 11.7. The maximum atomic E-state index is 12.4. The number of carbonyl (C=O) groups is 1. The first-order chi connectivity index (χ1) is 19.1. The maximum absolute atomic E-state index is 12.4. The van der Waals surface area contributed by atoms with E-state index in [1.165, 1.54) is 0 Å². The van der Waals surface area contributed by atoms with E-state index in [1.807, 2.05) is 121 Å². The monoisotopic (exact) mass is 524 g/mol. The lowest BCUT2D eigenvalue weighted by Crippen LogP contribution is -2.53. The number of carboxylic acid groups (broad SMARTS) is 1. The zero-order valence-electron chi connectivity index (χ0n) is 22.9. The number of rotatable bonds is 13. The largest absolute Gasteiger partial charge is 0.480 e. The van der Waals surface area contributed by atoms with Crippen molar-refractivity contribution in [3.8, 4) is 0 Å². The molecule has 0 spiro atoms. The predicted octanol–water partition coefficient (Wildman–Crippen LogP) is 6.24. The summed E-state index contributed by atoms with van der Waals surface area (Å²) in [6.45, 7) is 7.17. The van der Waals surface area contributed by atoms with Crippen molar-refractivity contribution in [2.45, 2.75) is 38.5 Å². The minimum atomic E-state index is -0.907. The Morgan fingerprint density at radius 2 is 1.13 bits per heavy atom. The van der Waals surface area contributed by atoms with E-state index in [0.29, 0.717) is 19.6 Å². The van der Waals surface area contributed by atoms with Crippen LogP contribution in [-0.2, 0) is 21.7 Å². The van der Waals surface area contributed by atoms with Crippen molar-refractivity contribution >= 4 is 5.97 Å². The summed E-state index contributed by atoms with van der Waals surface area (Å²) in [5.74, 6) is -0.907. The summed E-state index contributed by atoms with van der Waals surface area (Å²) in [5, 5.41) is 16.8. The van der Waals surface area contributed by atoms with Gasteiger partial charge in [0.15, 0.2) is 0 Å². The summed E-state index contributed by atoms with van der Waals surface area (Å²) >= 11 is 0. The van der Waals surface area contributed by atoms with Crippen molar-refractivity contribution in [2.24, 2.45) is 0 Å². The van der Waals surface area contributed by atoms with Crippen molar-refractivity contribution in [1.29, 1.82) is 0 Å². The molecular formula is C34H40N2O3. The topological polar surface area (TPSA) is 70.6 Å². The fraction of sp³-hybridized carbons (Fsp3) is 0.265. The highest BCUT2D eigenvalue weighted by Crippen LogP contribution is 2.37. The Kier molecular flexibility index (Phi) is 12.4. The minimum absolute atomic E-state index is 0.327. The second kappa shape index (κ2) is 16.2. The van der Waals surface area contributed by atoms with E-state index in [9.17, 15) is 9.90 Å². The molecule has 4 aromatic rings. The highest BCUT2D eigenvalue weighted by molar-refractivity contribution is 5.74. The van der Waals surface area contributed by atoms with Gasteiger partial charge in [-0.15, -0.1) is 0 Å². The van der Waals surface area contributed by atoms with Crippen LogP contribution in [0.1, 0.15) is 42.5 Å². The Morgan fingerprint density at radius 1 is 0.718 bits per heavy atom. The van der Waals surface area contributed by atoms with Crippen LogP contribution in [0.2, 0.25) is 0 Å². The lowest BCUT2D eigenvalue weighted by Gasteiger charge is -2.39. The molecule has 0 aliphatic rings. The van der Waals surface area contributed by atoms with Crippen LogP contribution in [0.25, 0.3) is 0 Å². The Labute approximate surface area is 232 Å². The molecule has 0 fully saturated rings. The van der Waals surface area contributed by atoms with Gasteiger partial charge in [-0.25, -0.2) is 0 Å². The zero-order chi connectivity index (χ0) is 27.8. The molecule has 39 heavy (non-hydrogen) atoms. The van der Waals surface area contributed by atoms with Gasteiger partial charge in [0.05, 0.1) is 12.1 Å². The number of benzene rings is 4. The van der Waals surface area contributed by atoms with Crippen molar-refractivity contribution in [1.82, 2.24) is 10.6 Å². The summed E-state index contributed by atoms with van der Waals surface area (Å²) in [5.41, 5.74) is 3.15. The molecule has 0 radical (unpaired) electrons. The van der Waals surface area contributed by atoms with E-state index >= 15 is 0 Å². The first-order valence-corrected chi connectivity index (χ1v) is 13.6. The van der Waals surface area contributed by atoms with Gasteiger partial charge < -0.3 is 15.2 Å². The number of nitrogens with one attached hydrogen (secondary N) is 2. The Bertz CT molecular complexity index is 1100. The second-order valence-corrected chi connectivity index (χ2v) is 9.17. The lowest BCUT2D eigenvalue weighted by molar-refractivity contribution is -0.140. The van der Waals surface area contributed by atoms with Crippen LogP contribution in [0.4, 0.5) is 0 Å². The molecule has 5 nitrogen and oxygen atoms in total. The molecule has 4 rings (SSSR count). The average molecular weight is 525 g/mol. The van der Waals surface area contributed by atoms with E-state index in [0.717, 1.165) is 35.3 Å². The van der Waals surface area contributed by atoms with Crippen LogP contribution in [0.15, 0.2) is 121 Å². The molecule has 1 atom stereocenters. The van der Waals surface area contributed by atoms with Crippen molar-refractivity contribution in [2.75, 3.05) is 19.7 Å². The van der Waals surface area contributed by atoms with Gasteiger partial charge in [-0.1, -0.05) is 135 Å². The van der Waals surface area contributed by atoms with Crippen LogP contribution in [0.5, 0.6) is 0 Å². The van der Waals surface area contributed by atoms with Crippen molar-refractivity contribution < 1.29 is 14.6 Å². The molecule has 3 N–H and O–H groups in total. The third-order valence-corrected chi connectivity index (χ3v) is 6.47. The lowest BCUT2D eigenvalue weighted by atomic mass is 9.76. The average Bonchev–Trinajstić information content (AvgIpc) is 2.99. The van der Waals surface area contributed by atoms with E-state index in [4.69, 9.17) is 4.74 Å². The van der Waals surface area contributed by atoms with E-state index < -0.39 is 17.6 Å². The third kappa shape index (κ3) is 8.62. The van der Waals surface area contributed by atoms with Gasteiger partial charge in [0, 0.05) is 6.61 Å². The summed E-state index contributed by atoms with van der Waals surface area (Å²) in [4.78, 5) is 12.4. The number of hydrogen-bond donors (Lipinski definition) is 3. The van der Waals surface area contributed by atoms with Crippen molar-refractivity contribution in [3.05, 3.63) is 144 Å². The number of carboxylic acids is 1. The summed E-state index contributed by atoms with van der Waals surface area (Å²) < 4.78 is 5.83. The molecule has 0 aliphatic heterocycles. The zero-order valence-corrected chi connectivity index (χ0v) is 22.9. The smallest absolute Gasteiger partial charge is 0.320 e. The molecule has 5 heteroatoms. The Hall–Kier alpha value is -3.77. The van der Waals surface area contributed by atoms with Crippen LogP contribution in [-0.4, -0.2) is 36.8 Å². The SMILES string of the molecule is CCNCC.O=C(O)[C@@H](CCOCc1ccccc1)NC(c1ccccc1)(c1ccccc1)c1ccccc1. The summed E-state index contributed by atoms with van der Waals surface area (Å²) in [6.07, 6.45) is 0.330.